The van der Waals surface area contributed by atoms with Crippen LogP contribution < -0.4 is 20.5 Å². The van der Waals surface area contributed by atoms with Gasteiger partial charge < -0.3 is 20.4 Å². The van der Waals surface area contributed by atoms with Gasteiger partial charge in [-0.1, -0.05) is 36.0 Å². The first-order valence-corrected chi connectivity index (χ1v) is 14.6. The summed E-state index contributed by atoms with van der Waals surface area (Å²) in [6, 6.07) is 19.6. The van der Waals surface area contributed by atoms with Gasteiger partial charge in [0.1, 0.15) is 0 Å². The molecule has 38 heavy (non-hydrogen) atoms. The summed E-state index contributed by atoms with van der Waals surface area (Å²) < 4.78 is 3.41. The molecule has 2 aromatic carbocycles. The van der Waals surface area contributed by atoms with Crippen LogP contribution in [0.1, 0.15) is 37.7 Å². The molecule has 0 atom stereocenters. The van der Waals surface area contributed by atoms with Crippen molar-refractivity contribution in [2.75, 3.05) is 52.2 Å². The molecular formula is C31H43N5OS+2. The Morgan fingerprint density at radius 1 is 1.03 bits per heavy atom. The number of aryl methyl sites for hydroxylation is 1. The van der Waals surface area contributed by atoms with Crippen molar-refractivity contribution in [2.24, 2.45) is 5.73 Å². The first-order valence-electron chi connectivity index (χ1n) is 13.8. The molecule has 0 saturated heterocycles. The molecule has 202 valence electrons. The fourth-order valence-electron chi connectivity index (χ4n) is 5.09. The molecule has 1 aliphatic heterocycles. The third-order valence-corrected chi connectivity index (χ3v) is 8.47. The number of carbonyl (C=O) groups is 1. The number of nitrogens with two attached hydrogens (primary N) is 1. The lowest BCUT2D eigenvalue weighted by Crippen LogP contribution is -2.44. The number of pyridine rings is 1. The Labute approximate surface area is 232 Å². The van der Waals surface area contributed by atoms with E-state index in [0.29, 0.717) is 19.5 Å². The Hall–Kier alpha value is -2.87. The minimum atomic E-state index is 0.120. The minimum absolute atomic E-state index is 0.120. The summed E-state index contributed by atoms with van der Waals surface area (Å²) in [5, 5.41) is 5.39. The number of quaternary nitrogens is 1. The van der Waals surface area contributed by atoms with Gasteiger partial charge in [0.05, 0.1) is 49.7 Å². The van der Waals surface area contributed by atoms with Crippen LogP contribution in [0.5, 0.6) is 0 Å². The summed E-state index contributed by atoms with van der Waals surface area (Å²) in [4.78, 5) is 15.3. The van der Waals surface area contributed by atoms with Crippen LogP contribution in [0.3, 0.4) is 0 Å². The van der Waals surface area contributed by atoms with E-state index in [1.807, 2.05) is 11.8 Å². The van der Waals surface area contributed by atoms with Crippen LogP contribution in [-0.2, 0) is 11.3 Å². The zero-order chi connectivity index (χ0) is 27.0. The molecule has 0 spiro atoms. The van der Waals surface area contributed by atoms with Gasteiger partial charge in [0, 0.05) is 43.6 Å². The van der Waals surface area contributed by atoms with Crippen LogP contribution in [0.2, 0.25) is 0 Å². The average molecular weight is 534 g/mol. The molecule has 0 bridgehead atoms. The number of rotatable bonds is 13. The quantitative estimate of drug-likeness (QED) is 0.189. The summed E-state index contributed by atoms with van der Waals surface area (Å²) in [5.41, 5.74) is 9.25. The van der Waals surface area contributed by atoms with Gasteiger partial charge in [-0.15, -0.1) is 0 Å². The van der Waals surface area contributed by atoms with Crippen LogP contribution in [0, 0.1) is 0 Å². The molecule has 0 unspecified atom stereocenters. The standard InChI is InChI=1S/C31H42N5OS/c1-34-28-14-8-9-15-29(28)38-31(34)24-25-17-21-35(27-13-7-6-12-26(25)27)20-11-23-36(2,3)22-10-4-5-16-30(37)33-19-18-32/h6-9,12-15,17,21,24H,4-5,10-11,16,18-20,22-23,32H2,1-3H3/q+1/p+1. The summed E-state index contributed by atoms with van der Waals surface area (Å²) in [6.45, 7) is 4.33. The Balaban J connectivity index is 1.32. The normalized spacial score (nSPS) is 14.3. The van der Waals surface area contributed by atoms with Crippen molar-refractivity contribution in [2.45, 2.75) is 43.5 Å². The number of nitrogens with one attached hydrogen (secondary N) is 1. The van der Waals surface area contributed by atoms with E-state index in [1.165, 1.54) is 32.1 Å². The Morgan fingerprint density at radius 2 is 1.79 bits per heavy atom. The van der Waals surface area contributed by atoms with Crippen LogP contribution in [0.4, 0.5) is 5.69 Å². The number of nitrogens with zero attached hydrogens (tertiary/aromatic N) is 3. The van der Waals surface area contributed by atoms with Gasteiger partial charge in [0.25, 0.3) is 0 Å². The van der Waals surface area contributed by atoms with E-state index >= 15 is 0 Å². The topological polar surface area (TPSA) is 62.2 Å². The van der Waals surface area contributed by atoms with E-state index in [0.717, 1.165) is 49.8 Å². The molecular weight excluding hydrogens is 490 g/mol. The fourth-order valence-corrected chi connectivity index (χ4v) is 6.19. The molecule has 7 heteroatoms. The molecule has 0 saturated carbocycles. The van der Waals surface area contributed by atoms with Crippen molar-refractivity contribution in [1.82, 2.24) is 5.32 Å². The number of hydrogen-bond acceptors (Lipinski definition) is 4. The first-order chi connectivity index (χ1) is 18.4. The number of benzene rings is 2. The van der Waals surface area contributed by atoms with Crippen LogP contribution >= 0.6 is 11.8 Å². The van der Waals surface area contributed by atoms with Gasteiger partial charge in [-0.3, -0.25) is 4.79 Å². The molecule has 6 nitrogen and oxygen atoms in total. The summed E-state index contributed by atoms with van der Waals surface area (Å²) in [5.74, 6) is 0.120. The van der Waals surface area contributed by atoms with E-state index in [9.17, 15) is 4.79 Å². The highest BCUT2D eigenvalue weighted by atomic mass is 32.2. The second kappa shape index (κ2) is 13.3. The highest BCUT2D eigenvalue weighted by molar-refractivity contribution is 8.03. The van der Waals surface area contributed by atoms with E-state index in [1.54, 1.807) is 0 Å². The molecule has 1 aliphatic rings. The van der Waals surface area contributed by atoms with Gasteiger partial charge in [-0.2, -0.15) is 4.57 Å². The lowest BCUT2D eigenvalue weighted by atomic mass is 10.1. The number of aromatic nitrogens is 1. The first kappa shape index (κ1) is 28.1. The zero-order valence-corrected chi connectivity index (χ0v) is 24.0. The fraction of sp³-hybridized carbons (Fsp3) is 0.419. The monoisotopic (exact) mass is 533 g/mol. The lowest BCUT2D eigenvalue weighted by molar-refractivity contribution is -0.892. The van der Waals surface area contributed by atoms with Gasteiger partial charge in [0.2, 0.25) is 11.4 Å². The number of fused-ring (bicyclic) bond motifs is 2. The molecule has 3 aromatic rings. The number of carbonyl (C=O) groups excluding carboxylic acids is 1. The van der Waals surface area contributed by atoms with Gasteiger partial charge in [-0.05, 0) is 49.1 Å². The van der Waals surface area contributed by atoms with Crippen molar-refractivity contribution < 1.29 is 13.8 Å². The minimum Gasteiger partial charge on any atom is -0.355 e. The molecule has 2 heterocycles. The maximum absolute atomic E-state index is 11.7. The van der Waals surface area contributed by atoms with Crippen molar-refractivity contribution in [1.29, 1.82) is 0 Å². The average Bonchev–Trinajstić information content (AvgIpc) is 3.23. The predicted molar refractivity (Wildman–Crippen MR) is 160 cm³/mol. The second-order valence-electron chi connectivity index (χ2n) is 10.8. The predicted octanol–water partition coefficient (Wildman–Crippen LogP) is 4.77. The molecule has 3 N–H and O–H groups in total. The molecule has 0 fully saturated rings. The second-order valence-corrected chi connectivity index (χ2v) is 11.8. The number of amides is 1. The van der Waals surface area contributed by atoms with E-state index in [4.69, 9.17) is 5.73 Å². The van der Waals surface area contributed by atoms with E-state index in [2.05, 4.69) is 103 Å². The third-order valence-electron chi connectivity index (χ3n) is 7.31. The van der Waals surface area contributed by atoms with Crippen LogP contribution in [0.15, 0.2) is 70.7 Å². The molecule has 1 aromatic heterocycles. The Bertz CT molecular complexity index is 1270. The van der Waals surface area contributed by atoms with Crippen molar-refractivity contribution >= 4 is 40.3 Å². The third kappa shape index (κ3) is 7.37. The SMILES string of the molecule is CN1/C(=C/c2cc[n+](CCC[N+](C)(C)CCCCCC(=O)NCCN)c3ccccc23)Sc2ccccc21. The van der Waals surface area contributed by atoms with Crippen LogP contribution in [0.25, 0.3) is 17.0 Å². The summed E-state index contributed by atoms with van der Waals surface area (Å²) in [6.07, 6.45) is 9.47. The molecule has 4 rings (SSSR count). The van der Waals surface area contributed by atoms with E-state index < -0.39 is 0 Å². The number of para-hydroxylation sites is 2. The number of unbranched alkanes of at least 4 members (excludes halogenated alkanes) is 2. The van der Waals surface area contributed by atoms with Crippen molar-refractivity contribution in [3.8, 4) is 0 Å². The lowest BCUT2D eigenvalue weighted by Gasteiger charge is -2.29. The van der Waals surface area contributed by atoms with Crippen LogP contribution in [-0.4, -0.2) is 57.7 Å². The Morgan fingerprint density at radius 3 is 2.61 bits per heavy atom. The molecule has 0 aliphatic carbocycles. The summed E-state index contributed by atoms with van der Waals surface area (Å²) in [7, 11) is 6.79. The highest BCUT2D eigenvalue weighted by Gasteiger charge is 2.22. The number of anilines is 1. The largest absolute Gasteiger partial charge is 0.355 e. The van der Waals surface area contributed by atoms with E-state index in [-0.39, 0.29) is 5.91 Å². The number of hydrogen-bond donors (Lipinski definition) is 2. The van der Waals surface area contributed by atoms with Crippen molar-refractivity contribution in [3.05, 3.63) is 71.4 Å². The smallest absolute Gasteiger partial charge is 0.220 e. The summed E-state index contributed by atoms with van der Waals surface area (Å²) >= 11 is 1.84. The van der Waals surface area contributed by atoms with Gasteiger partial charge in [0.15, 0.2) is 12.7 Å². The maximum Gasteiger partial charge on any atom is 0.220 e. The maximum atomic E-state index is 11.7. The van der Waals surface area contributed by atoms with Gasteiger partial charge >= 0.3 is 0 Å². The highest BCUT2D eigenvalue weighted by Crippen LogP contribution is 2.45. The van der Waals surface area contributed by atoms with Crippen molar-refractivity contribution in [3.63, 3.8) is 0 Å². The molecule has 1 amide bonds. The van der Waals surface area contributed by atoms with Gasteiger partial charge in [-0.25, -0.2) is 0 Å². The molecule has 0 radical (unpaired) electrons. The number of thioether (sulfide) groups is 1. The zero-order valence-electron chi connectivity index (χ0n) is 23.2. The Kier molecular flexibility index (Phi) is 9.83.